The molecule has 4 rings (SSSR count). The first-order valence-electron chi connectivity index (χ1n) is 9.65. The van der Waals surface area contributed by atoms with Gasteiger partial charge in [0.2, 0.25) is 5.95 Å². The zero-order chi connectivity index (χ0) is 25.3. The molecule has 1 atom stereocenters. The van der Waals surface area contributed by atoms with Crippen LogP contribution in [0.5, 0.6) is 0 Å². The molecule has 0 saturated carbocycles. The molecule has 0 aliphatic carbocycles. The van der Waals surface area contributed by atoms with E-state index in [-0.39, 0.29) is 35.9 Å². The molecule has 3 N–H and O–H groups in total. The Kier molecular flexibility index (Phi) is 6.95. The molecule has 34 heavy (non-hydrogen) atoms. The molecular weight excluding hydrogens is 477 g/mol. The number of nitrogens with two attached hydrogens (primary N) is 1. The molecule has 15 heteroatoms. The van der Waals surface area contributed by atoms with Crippen LogP contribution in [0.2, 0.25) is 0 Å². The predicted molar refractivity (Wildman–Crippen MR) is 103 cm³/mol. The van der Waals surface area contributed by atoms with E-state index < -0.39 is 35.7 Å². The lowest BCUT2D eigenvalue weighted by molar-refractivity contribution is -0.188. The van der Waals surface area contributed by atoms with Crippen LogP contribution in [0, 0.1) is 5.82 Å². The van der Waals surface area contributed by atoms with E-state index in [4.69, 9.17) is 10.8 Å². The summed E-state index contributed by atoms with van der Waals surface area (Å²) in [6, 6.07) is 3.12. The number of nitrogens with zero attached hydrogens (tertiary/aromatic N) is 5. The van der Waals surface area contributed by atoms with Crippen LogP contribution in [0.15, 0.2) is 30.6 Å². The Balaban J connectivity index is 0.000000215. The van der Waals surface area contributed by atoms with E-state index in [1.54, 1.807) is 0 Å². The molecule has 1 unspecified atom stereocenters. The summed E-state index contributed by atoms with van der Waals surface area (Å²) in [6.45, 7) is -0.131. The van der Waals surface area contributed by atoms with Gasteiger partial charge >= 0.3 is 18.3 Å². The third kappa shape index (κ3) is 5.70. The molecule has 1 aliphatic heterocycles. The summed E-state index contributed by atoms with van der Waals surface area (Å²) in [5.41, 5.74) is 4.92. The third-order valence-corrected chi connectivity index (χ3v) is 4.77. The summed E-state index contributed by atoms with van der Waals surface area (Å²) in [5, 5.41) is 12.9. The number of amides is 1. The summed E-state index contributed by atoms with van der Waals surface area (Å²) in [4.78, 5) is 18.7. The van der Waals surface area contributed by atoms with Gasteiger partial charge in [-0.1, -0.05) is 0 Å². The minimum atomic E-state index is -4.82. The highest BCUT2D eigenvalue weighted by atomic mass is 19.4. The average Bonchev–Trinajstić information content (AvgIpc) is 3.08. The number of carbonyl (C=O) groups is 1. The fourth-order valence-corrected chi connectivity index (χ4v) is 3.18. The third-order valence-electron chi connectivity index (χ3n) is 4.77. The lowest BCUT2D eigenvalue weighted by atomic mass is 10.1. The number of alkyl halides is 6. The van der Waals surface area contributed by atoms with Crippen LogP contribution >= 0.6 is 0 Å². The Morgan fingerprint density at radius 2 is 1.82 bits per heavy atom. The van der Waals surface area contributed by atoms with Crippen LogP contribution in [0.4, 0.5) is 36.7 Å². The second-order valence-corrected chi connectivity index (χ2v) is 7.27. The number of hydrogen-bond donors (Lipinski definition) is 2. The molecule has 1 amide bonds. The fraction of sp³-hybridized carbons (Fsp3) is 0.368. The Hall–Kier alpha value is -3.49. The molecule has 1 aliphatic rings. The maximum atomic E-state index is 13.7. The second-order valence-electron chi connectivity index (χ2n) is 7.27. The van der Waals surface area contributed by atoms with Crippen molar-refractivity contribution in [3.8, 4) is 11.4 Å². The molecule has 4 heterocycles. The number of rotatable bonds is 1. The van der Waals surface area contributed by atoms with Gasteiger partial charge in [-0.15, -0.1) is 5.10 Å². The number of piperidine rings is 1. The molecule has 8 nitrogen and oxygen atoms in total. The Morgan fingerprint density at radius 1 is 1.12 bits per heavy atom. The summed E-state index contributed by atoms with van der Waals surface area (Å²) < 4.78 is 88.0. The molecule has 0 radical (unpaired) electrons. The second kappa shape index (κ2) is 9.40. The van der Waals surface area contributed by atoms with Crippen molar-refractivity contribution in [2.45, 2.75) is 31.3 Å². The molecule has 184 valence electrons. The first kappa shape index (κ1) is 25.1. The smallest absolute Gasteiger partial charge is 0.391 e. The van der Waals surface area contributed by atoms with Gasteiger partial charge in [-0.05, 0) is 25.0 Å². The lowest BCUT2D eigenvalue weighted by Gasteiger charge is -2.30. The van der Waals surface area contributed by atoms with Crippen molar-refractivity contribution in [3.05, 3.63) is 42.0 Å². The van der Waals surface area contributed by atoms with E-state index in [0.29, 0.717) is 23.9 Å². The predicted octanol–water partition coefficient (Wildman–Crippen LogP) is 3.06. The number of hydrogen-bond acceptors (Lipinski definition) is 6. The molecule has 0 bridgehead atoms. The number of aliphatic hydroxyl groups is 1. The van der Waals surface area contributed by atoms with E-state index in [0.717, 1.165) is 22.7 Å². The number of likely N-dealkylation sites (tertiary alicyclic amines) is 1. The molecule has 0 spiro atoms. The maximum absolute atomic E-state index is 13.7. The van der Waals surface area contributed by atoms with Crippen LogP contribution in [-0.4, -0.2) is 60.9 Å². The van der Waals surface area contributed by atoms with E-state index in [2.05, 4.69) is 15.1 Å². The maximum Gasteiger partial charge on any atom is 0.471 e. The van der Waals surface area contributed by atoms with Gasteiger partial charge in [-0.3, -0.25) is 9.78 Å². The largest absolute Gasteiger partial charge is 0.471 e. The van der Waals surface area contributed by atoms with Crippen molar-refractivity contribution in [3.63, 3.8) is 0 Å². The van der Waals surface area contributed by atoms with Gasteiger partial charge in [-0.25, -0.2) is 13.9 Å². The molecular formula is C19H17F7N6O2. The Bertz CT molecular complexity index is 1160. The van der Waals surface area contributed by atoms with Gasteiger partial charge in [0.1, 0.15) is 5.52 Å². The fourth-order valence-electron chi connectivity index (χ4n) is 3.18. The number of β-amino-alcohol motifs (C(OH)–C–C–N with tert-alkyl or cyclic N) is 1. The van der Waals surface area contributed by atoms with Gasteiger partial charge in [-0.2, -0.15) is 26.3 Å². The Morgan fingerprint density at radius 3 is 2.38 bits per heavy atom. The van der Waals surface area contributed by atoms with Crippen molar-refractivity contribution in [1.29, 1.82) is 0 Å². The molecule has 1 fully saturated rings. The molecule has 3 aromatic heterocycles. The van der Waals surface area contributed by atoms with Crippen molar-refractivity contribution in [1.82, 2.24) is 24.5 Å². The monoisotopic (exact) mass is 494 g/mol. The van der Waals surface area contributed by atoms with E-state index >= 15 is 0 Å². The van der Waals surface area contributed by atoms with E-state index in [1.165, 1.54) is 6.20 Å². The zero-order valence-corrected chi connectivity index (χ0v) is 17.1. The van der Waals surface area contributed by atoms with Crippen LogP contribution in [0.3, 0.4) is 0 Å². The van der Waals surface area contributed by atoms with Gasteiger partial charge in [0.05, 0.1) is 29.3 Å². The molecule has 0 aromatic carbocycles. The van der Waals surface area contributed by atoms with Gasteiger partial charge in [0.25, 0.3) is 0 Å². The van der Waals surface area contributed by atoms with Gasteiger partial charge < -0.3 is 15.7 Å². The number of carbonyl (C=O) groups excluding carboxylic acids is 1. The summed E-state index contributed by atoms with van der Waals surface area (Å²) >= 11 is 0. The average molecular weight is 494 g/mol. The van der Waals surface area contributed by atoms with Gasteiger partial charge in [0, 0.05) is 25.4 Å². The normalized spacial score (nSPS) is 16.8. The lowest BCUT2D eigenvalue weighted by Crippen LogP contribution is -2.47. The highest BCUT2D eigenvalue weighted by Gasteiger charge is 2.43. The van der Waals surface area contributed by atoms with Crippen molar-refractivity contribution in [2.75, 3.05) is 18.8 Å². The minimum Gasteiger partial charge on any atom is -0.391 e. The van der Waals surface area contributed by atoms with Gasteiger partial charge in [0.15, 0.2) is 5.82 Å². The first-order valence-corrected chi connectivity index (χ1v) is 9.65. The summed E-state index contributed by atoms with van der Waals surface area (Å²) in [7, 11) is 0. The zero-order valence-electron chi connectivity index (χ0n) is 17.1. The molecule has 1 saturated heterocycles. The summed E-state index contributed by atoms with van der Waals surface area (Å²) in [6.07, 6.45) is -7.38. The van der Waals surface area contributed by atoms with Crippen LogP contribution < -0.4 is 5.73 Å². The van der Waals surface area contributed by atoms with Crippen LogP contribution in [0.1, 0.15) is 18.4 Å². The molecule has 3 aromatic rings. The van der Waals surface area contributed by atoms with Crippen molar-refractivity contribution < 1.29 is 40.6 Å². The number of aliphatic hydroxyl groups excluding tert-OH is 1. The number of anilines is 1. The number of fused-ring (bicyclic) bond motifs is 1. The van der Waals surface area contributed by atoms with Crippen molar-refractivity contribution in [2.24, 2.45) is 0 Å². The first-order chi connectivity index (χ1) is 15.8. The number of aromatic nitrogens is 4. The van der Waals surface area contributed by atoms with E-state index in [9.17, 15) is 35.5 Å². The Labute approximate surface area is 186 Å². The van der Waals surface area contributed by atoms with Crippen molar-refractivity contribution >= 4 is 17.4 Å². The number of pyridine rings is 1. The highest BCUT2D eigenvalue weighted by molar-refractivity contribution is 5.82. The summed E-state index contributed by atoms with van der Waals surface area (Å²) in [5.74, 6) is -2.57. The number of nitrogen functional groups attached to an aromatic ring is 1. The highest BCUT2D eigenvalue weighted by Crippen LogP contribution is 2.30. The standard InChI is InChI=1S/C12H7F4N5.C7H10F3NO2/c13-7-3-9(21-10(7)5-19-11(17)20-21)8-2-1-6(4-18-8)12(14,15)16;8-7(9,10)6(13)11-3-1-2-5(12)4-11/h1-5H,(H2,17,20);5,12H,1-4H2. The minimum absolute atomic E-state index is 0.0564. The van der Waals surface area contributed by atoms with Crippen LogP contribution in [-0.2, 0) is 11.0 Å². The SMILES string of the molecule is Nc1ncc2c(F)cc(-c3ccc(C(F)(F)F)cn3)n2n1.O=C(N1CCCC(O)C1)C(F)(F)F. The van der Waals surface area contributed by atoms with E-state index in [1.807, 2.05) is 0 Å². The van der Waals surface area contributed by atoms with Crippen LogP contribution in [0.25, 0.3) is 16.9 Å². The topological polar surface area (TPSA) is 110 Å². The quantitative estimate of drug-likeness (QED) is 0.504. The number of halogens is 7.